The molecule has 20 heavy (non-hydrogen) atoms. The summed E-state index contributed by atoms with van der Waals surface area (Å²) in [4.78, 5) is 0. The van der Waals surface area contributed by atoms with E-state index in [4.69, 9.17) is 9.47 Å². The molecule has 0 saturated carbocycles. The SMILES string of the molecule is CCNC(COCC(F)(F)F)c1ccc(OC)cc1Br. The van der Waals surface area contributed by atoms with Crippen LogP contribution in [0.2, 0.25) is 0 Å². The predicted molar refractivity (Wildman–Crippen MR) is 74.0 cm³/mol. The lowest BCUT2D eigenvalue weighted by Gasteiger charge is -2.20. The molecule has 1 aromatic rings. The highest BCUT2D eigenvalue weighted by molar-refractivity contribution is 9.10. The first-order valence-corrected chi connectivity index (χ1v) is 6.88. The Balaban J connectivity index is 2.75. The van der Waals surface area contributed by atoms with Crippen LogP contribution in [0.5, 0.6) is 5.75 Å². The third-order valence-corrected chi connectivity index (χ3v) is 3.27. The Morgan fingerprint density at radius 2 is 2.05 bits per heavy atom. The van der Waals surface area contributed by atoms with Gasteiger partial charge >= 0.3 is 6.18 Å². The van der Waals surface area contributed by atoms with Crippen molar-refractivity contribution in [3.05, 3.63) is 28.2 Å². The average Bonchev–Trinajstić information content (AvgIpc) is 2.36. The van der Waals surface area contributed by atoms with Gasteiger partial charge in [0.2, 0.25) is 0 Å². The molecule has 3 nitrogen and oxygen atoms in total. The maximum absolute atomic E-state index is 12.1. The van der Waals surface area contributed by atoms with Gasteiger partial charge in [-0.05, 0) is 24.2 Å². The van der Waals surface area contributed by atoms with Crippen molar-refractivity contribution in [3.8, 4) is 5.75 Å². The average molecular weight is 356 g/mol. The van der Waals surface area contributed by atoms with Crippen LogP contribution in [-0.4, -0.2) is 33.0 Å². The second-order valence-electron chi connectivity index (χ2n) is 4.13. The number of methoxy groups -OCH3 is 1. The van der Waals surface area contributed by atoms with Crippen molar-refractivity contribution in [3.63, 3.8) is 0 Å². The van der Waals surface area contributed by atoms with E-state index >= 15 is 0 Å². The van der Waals surface area contributed by atoms with E-state index in [1.54, 1.807) is 25.3 Å². The van der Waals surface area contributed by atoms with Crippen molar-refractivity contribution in [1.82, 2.24) is 5.32 Å². The molecule has 0 bridgehead atoms. The molecule has 0 heterocycles. The van der Waals surface area contributed by atoms with Crippen molar-refractivity contribution >= 4 is 15.9 Å². The fraction of sp³-hybridized carbons (Fsp3) is 0.538. The predicted octanol–water partition coefficient (Wildman–Crippen LogP) is 3.69. The van der Waals surface area contributed by atoms with Crippen LogP contribution in [0.4, 0.5) is 13.2 Å². The Morgan fingerprint density at radius 3 is 2.55 bits per heavy atom. The summed E-state index contributed by atoms with van der Waals surface area (Å²) in [5.41, 5.74) is 0.829. The minimum Gasteiger partial charge on any atom is -0.497 e. The molecule has 0 fully saturated rings. The van der Waals surface area contributed by atoms with Crippen molar-refractivity contribution < 1.29 is 22.6 Å². The summed E-state index contributed by atoms with van der Waals surface area (Å²) < 4.78 is 46.9. The van der Waals surface area contributed by atoms with E-state index in [2.05, 4.69) is 21.2 Å². The van der Waals surface area contributed by atoms with E-state index in [0.29, 0.717) is 12.3 Å². The molecule has 0 aliphatic rings. The Morgan fingerprint density at radius 1 is 1.35 bits per heavy atom. The number of nitrogens with one attached hydrogen (secondary N) is 1. The first-order valence-electron chi connectivity index (χ1n) is 6.08. The summed E-state index contributed by atoms with van der Waals surface area (Å²) in [6.45, 7) is 1.20. The number of halogens is 4. The zero-order chi connectivity index (χ0) is 15.2. The normalized spacial score (nSPS) is 13.3. The maximum Gasteiger partial charge on any atom is 0.411 e. The van der Waals surface area contributed by atoms with Crippen molar-refractivity contribution in [1.29, 1.82) is 0 Å². The molecule has 1 unspecified atom stereocenters. The summed E-state index contributed by atoms with van der Waals surface area (Å²) in [5, 5.41) is 3.10. The van der Waals surface area contributed by atoms with Gasteiger partial charge in [0.05, 0.1) is 19.8 Å². The lowest BCUT2D eigenvalue weighted by atomic mass is 10.1. The second kappa shape index (κ2) is 7.85. The third-order valence-electron chi connectivity index (χ3n) is 2.58. The van der Waals surface area contributed by atoms with Crippen molar-refractivity contribution in [2.24, 2.45) is 0 Å². The van der Waals surface area contributed by atoms with E-state index in [-0.39, 0.29) is 12.6 Å². The van der Waals surface area contributed by atoms with Gasteiger partial charge in [-0.3, -0.25) is 0 Å². The summed E-state index contributed by atoms with van der Waals surface area (Å²) >= 11 is 3.39. The van der Waals surface area contributed by atoms with E-state index in [0.717, 1.165) is 10.0 Å². The molecule has 0 aromatic heterocycles. The van der Waals surface area contributed by atoms with Crippen LogP contribution in [-0.2, 0) is 4.74 Å². The zero-order valence-electron chi connectivity index (χ0n) is 11.3. The minimum atomic E-state index is -4.31. The van der Waals surface area contributed by atoms with Gasteiger partial charge in [0.25, 0.3) is 0 Å². The third kappa shape index (κ3) is 5.68. The molecule has 1 atom stereocenters. The second-order valence-corrected chi connectivity index (χ2v) is 4.98. The molecular formula is C13H17BrF3NO2. The molecule has 0 aliphatic carbocycles. The highest BCUT2D eigenvalue weighted by Crippen LogP contribution is 2.28. The van der Waals surface area contributed by atoms with Crippen molar-refractivity contribution in [2.75, 3.05) is 26.9 Å². The molecule has 1 rings (SSSR count). The fourth-order valence-electron chi connectivity index (χ4n) is 1.71. The molecule has 0 radical (unpaired) electrons. The van der Waals surface area contributed by atoms with E-state index in [1.807, 2.05) is 6.92 Å². The Bertz CT molecular complexity index is 427. The van der Waals surface area contributed by atoms with Gasteiger partial charge in [0.1, 0.15) is 12.4 Å². The molecule has 0 spiro atoms. The largest absolute Gasteiger partial charge is 0.497 e. The first kappa shape index (κ1) is 17.3. The number of benzene rings is 1. The molecule has 0 amide bonds. The lowest BCUT2D eigenvalue weighted by Crippen LogP contribution is -2.28. The fourth-order valence-corrected chi connectivity index (χ4v) is 2.35. The molecule has 0 saturated heterocycles. The zero-order valence-corrected chi connectivity index (χ0v) is 12.8. The molecule has 7 heteroatoms. The smallest absolute Gasteiger partial charge is 0.411 e. The summed E-state index contributed by atoms with van der Waals surface area (Å²) in [7, 11) is 1.55. The van der Waals surface area contributed by atoms with Gasteiger partial charge in [0.15, 0.2) is 0 Å². The van der Waals surface area contributed by atoms with Gasteiger partial charge in [-0.2, -0.15) is 13.2 Å². The number of ether oxygens (including phenoxy) is 2. The Kier molecular flexibility index (Phi) is 6.78. The number of alkyl halides is 3. The van der Waals surface area contributed by atoms with Crippen LogP contribution in [0.3, 0.4) is 0 Å². The highest BCUT2D eigenvalue weighted by Gasteiger charge is 2.28. The summed E-state index contributed by atoms with van der Waals surface area (Å²) in [6.07, 6.45) is -4.31. The molecular weight excluding hydrogens is 339 g/mol. The highest BCUT2D eigenvalue weighted by atomic mass is 79.9. The molecule has 0 aliphatic heterocycles. The monoisotopic (exact) mass is 355 g/mol. The first-order chi connectivity index (χ1) is 9.37. The van der Waals surface area contributed by atoms with Crippen LogP contribution in [0.25, 0.3) is 0 Å². The standard InChI is InChI=1S/C13H17BrF3NO2/c1-3-18-12(7-20-8-13(15,16)17)10-5-4-9(19-2)6-11(10)14/h4-6,12,18H,3,7-8H2,1-2H3. The topological polar surface area (TPSA) is 30.5 Å². The van der Waals surface area contributed by atoms with Crippen molar-refractivity contribution in [2.45, 2.75) is 19.1 Å². The summed E-state index contributed by atoms with van der Waals surface area (Å²) in [5.74, 6) is 0.673. The Hall–Kier alpha value is -0.790. The van der Waals surface area contributed by atoms with Crippen LogP contribution in [0, 0.1) is 0 Å². The van der Waals surface area contributed by atoms with Crippen LogP contribution in [0.1, 0.15) is 18.5 Å². The maximum atomic E-state index is 12.1. The lowest BCUT2D eigenvalue weighted by molar-refractivity contribution is -0.175. The molecule has 114 valence electrons. The van der Waals surface area contributed by atoms with Crippen LogP contribution in [0.15, 0.2) is 22.7 Å². The number of likely N-dealkylation sites (N-methyl/N-ethyl adjacent to an activating group) is 1. The van der Waals surface area contributed by atoms with Crippen LogP contribution >= 0.6 is 15.9 Å². The summed E-state index contributed by atoms with van der Waals surface area (Å²) in [6, 6.07) is 5.01. The van der Waals surface area contributed by atoms with Gasteiger partial charge in [0, 0.05) is 4.47 Å². The van der Waals surface area contributed by atoms with Gasteiger partial charge < -0.3 is 14.8 Å². The molecule has 1 N–H and O–H groups in total. The van der Waals surface area contributed by atoms with E-state index < -0.39 is 12.8 Å². The van der Waals surface area contributed by atoms with Gasteiger partial charge in [-0.1, -0.05) is 28.9 Å². The van der Waals surface area contributed by atoms with E-state index in [1.165, 1.54) is 0 Å². The number of hydrogen-bond donors (Lipinski definition) is 1. The van der Waals surface area contributed by atoms with Gasteiger partial charge in [-0.15, -0.1) is 0 Å². The Labute approximate surface area is 124 Å². The van der Waals surface area contributed by atoms with E-state index in [9.17, 15) is 13.2 Å². The number of hydrogen-bond acceptors (Lipinski definition) is 3. The number of rotatable bonds is 7. The molecule has 1 aromatic carbocycles. The van der Waals surface area contributed by atoms with Gasteiger partial charge in [-0.25, -0.2) is 0 Å². The quantitative estimate of drug-likeness (QED) is 0.809. The minimum absolute atomic E-state index is 0.0573. The van der Waals surface area contributed by atoms with Crippen LogP contribution < -0.4 is 10.1 Å².